The fourth-order valence-corrected chi connectivity index (χ4v) is 1.73. The van der Waals surface area contributed by atoms with E-state index in [1.807, 2.05) is 0 Å². The molecule has 2 aromatic rings. The lowest BCUT2D eigenvalue weighted by Crippen LogP contribution is -2.06. The number of hydrogen-bond acceptors (Lipinski definition) is 5. The zero-order valence-electron chi connectivity index (χ0n) is 9.18. The average molecular weight is 235 g/mol. The van der Waals surface area contributed by atoms with Gasteiger partial charge < -0.3 is 9.52 Å². The minimum absolute atomic E-state index is 0.113. The molecule has 6 heteroatoms. The summed E-state index contributed by atoms with van der Waals surface area (Å²) >= 11 is 0. The Hall–Kier alpha value is -2.37. The smallest absolute Gasteiger partial charge is 0.415 e. The summed E-state index contributed by atoms with van der Waals surface area (Å²) in [5.41, 5.74) is -0.323. The number of phenolic OH excluding ortho intramolecular Hbond substituents is 1. The summed E-state index contributed by atoms with van der Waals surface area (Å²) in [6.45, 7) is 3.36. The first kappa shape index (κ1) is 11.1. The van der Waals surface area contributed by atoms with Crippen molar-refractivity contribution in [3.8, 4) is 5.75 Å². The van der Waals surface area contributed by atoms with Gasteiger partial charge >= 0.3 is 11.3 Å². The van der Waals surface area contributed by atoms with Crippen LogP contribution in [0.1, 0.15) is 11.1 Å². The van der Waals surface area contributed by atoms with Gasteiger partial charge in [0.25, 0.3) is 0 Å². The molecule has 17 heavy (non-hydrogen) atoms. The Kier molecular flexibility index (Phi) is 2.35. The van der Waals surface area contributed by atoms with Crippen LogP contribution in [-0.4, -0.2) is 10.0 Å². The zero-order chi connectivity index (χ0) is 12.7. The molecule has 0 atom stereocenters. The number of phenols is 1. The maximum atomic E-state index is 11.3. The summed E-state index contributed by atoms with van der Waals surface area (Å²) in [6, 6.07) is 2.68. The monoisotopic (exact) mass is 235 g/mol. The summed E-state index contributed by atoms with van der Waals surface area (Å²) in [7, 11) is 0. The molecule has 0 aliphatic carbocycles. The molecule has 6 nitrogen and oxygen atoms in total. The minimum Gasteiger partial charge on any atom is -0.507 e. The normalized spacial score (nSPS) is 10.7. The molecule has 0 saturated carbocycles. The van der Waals surface area contributed by atoms with Crippen LogP contribution in [0.25, 0.3) is 11.0 Å². The SMILES string of the molecule is Cc1cc(C)c2oc(=O)c([N+](=O)[O-])cc2c1O. The fourth-order valence-electron chi connectivity index (χ4n) is 1.73. The minimum atomic E-state index is -1.02. The standard InChI is InChI=1S/C11H9NO5/c1-5-3-6(2)10-7(9(5)13)4-8(12(15)16)11(14)17-10/h3-4,13H,1-2H3. The molecular formula is C11H9NO5. The van der Waals surface area contributed by atoms with E-state index in [-0.39, 0.29) is 16.7 Å². The van der Waals surface area contributed by atoms with Crippen LogP contribution in [0.15, 0.2) is 21.3 Å². The van der Waals surface area contributed by atoms with Crippen LogP contribution in [0.5, 0.6) is 5.75 Å². The quantitative estimate of drug-likeness (QED) is 0.463. The molecule has 88 valence electrons. The van der Waals surface area contributed by atoms with Crippen LogP contribution in [0.3, 0.4) is 0 Å². The molecule has 1 aromatic heterocycles. The number of aromatic hydroxyl groups is 1. The van der Waals surface area contributed by atoms with E-state index < -0.39 is 16.2 Å². The van der Waals surface area contributed by atoms with Gasteiger partial charge in [-0.25, -0.2) is 4.79 Å². The number of hydrogen-bond donors (Lipinski definition) is 1. The lowest BCUT2D eigenvalue weighted by molar-refractivity contribution is -0.387. The number of fused-ring (bicyclic) bond motifs is 1. The fraction of sp³-hybridized carbons (Fsp3) is 0.182. The average Bonchev–Trinajstić information content (AvgIpc) is 2.25. The van der Waals surface area contributed by atoms with Crippen LogP contribution in [0, 0.1) is 24.0 Å². The van der Waals surface area contributed by atoms with Gasteiger partial charge in [0, 0.05) is 6.07 Å². The molecule has 0 aliphatic heterocycles. The Bertz CT molecular complexity index is 686. The van der Waals surface area contributed by atoms with E-state index in [1.165, 1.54) is 0 Å². The highest BCUT2D eigenvalue weighted by Gasteiger charge is 2.19. The molecular weight excluding hydrogens is 226 g/mol. The Morgan fingerprint density at radius 2 is 1.94 bits per heavy atom. The van der Waals surface area contributed by atoms with Crippen molar-refractivity contribution in [3.63, 3.8) is 0 Å². The van der Waals surface area contributed by atoms with Crippen LogP contribution >= 0.6 is 0 Å². The largest absolute Gasteiger partial charge is 0.507 e. The Morgan fingerprint density at radius 3 is 2.53 bits per heavy atom. The molecule has 2 rings (SSSR count). The number of benzene rings is 1. The molecule has 0 amide bonds. The molecule has 1 aromatic carbocycles. The maximum absolute atomic E-state index is 11.3. The van der Waals surface area contributed by atoms with Crippen molar-refractivity contribution in [2.45, 2.75) is 13.8 Å². The summed E-state index contributed by atoms with van der Waals surface area (Å²) in [6.07, 6.45) is 0. The molecule has 0 aliphatic rings. The predicted molar refractivity (Wildman–Crippen MR) is 60.3 cm³/mol. The maximum Gasteiger partial charge on any atom is 0.415 e. The number of nitrogens with zero attached hydrogens (tertiary/aromatic N) is 1. The van der Waals surface area contributed by atoms with Gasteiger partial charge in [0.2, 0.25) is 0 Å². The van der Waals surface area contributed by atoms with Crippen LogP contribution in [0.4, 0.5) is 5.69 Å². The number of aryl methyl sites for hydroxylation is 2. The highest BCUT2D eigenvalue weighted by atomic mass is 16.6. The topological polar surface area (TPSA) is 93.6 Å². The van der Waals surface area contributed by atoms with E-state index in [0.717, 1.165) is 6.07 Å². The van der Waals surface area contributed by atoms with Gasteiger partial charge in [-0.1, -0.05) is 0 Å². The molecule has 0 spiro atoms. The number of nitro groups is 1. The van der Waals surface area contributed by atoms with E-state index in [9.17, 15) is 20.0 Å². The van der Waals surface area contributed by atoms with Gasteiger partial charge in [-0.2, -0.15) is 0 Å². The summed E-state index contributed by atoms with van der Waals surface area (Å²) in [4.78, 5) is 21.1. The number of rotatable bonds is 1. The van der Waals surface area contributed by atoms with E-state index in [1.54, 1.807) is 19.9 Å². The van der Waals surface area contributed by atoms with Crippen molar-refractivity contribution < 1.29 is 14.4 Å². The van der Waals surface area contributed by atoms with Crippen LogP contribution in [-0.2, 0) is 0 Å². The summed E-state index contributed by atoms with van der Waals surface area (Å²) in [5, 5.41) is 20.6. The first-order valence-corrected chi connectivity index (χ1v) is 4.83. The molecule has 0 saturated heterocycles. The van der Waals surface area contributed by atoms with E-state index in [4.69, 9.17) is 4.42 Å². The molecule has 0 bridgehead atoms. The van der Waals surface area contributed by atoms with Gasteiger partial charge in [0.05, 0.1) is 10.3 Å². The second-order valence-electron chi connectivity index (χ2n) is 3.78. The third kappa shape index (κ3) is 1.63. The van der Waals surface area contributed by atoms with Gasteiger partial charge in [-0.3, -0.25) is 10.1 Å². The van der Waals surface area contributed by atoms with Crippen LogP contribution < -0.4 is 5.63 Å². The highest BCUT2D eigenvalue weighted by Crippen LogP contribution is 2.31. The zero-order valence-corrected chi connectivity index (χ0v) is 9.18. The molecule has 1 heterocycles. The van der Waals surface area contributed by atoms with Crippen LogP contribution in [0.2, 0.25) is 0 Å². The van der Waals surface area contributed by atoms with E-state index >= 15 is 0 Å². The van der Waals surface area contributed by atoms with Gasteiger partial charge in [-0.05, 0) is 31.0 Å². The first-order valence-electron chi connectivity index (χ1n) is 4.83. The third-order valence-corrected chi connectivity index (χ3v) is 2.55. The summed E-state index contributed by atoms with van der Waals surface area (Å²) < 4.78 is 4.86. The molecule has 1 N–H and O–H groups in total. The first-order chi connectivity index (χ1) is 7.91. The lowest BCUT2D eigenvalue weighted by atomic mass is 10.1. The van der Waals surface area contributed by atoms with Gasteiger partial charge in [-0.15, -0.1) is 0 Å². The van der Waals surface area contributed by atoms with Crippen molar-refractivity contribution in [3.05, 3.63) is 43.8 Å². The van der Waals surface area contributed by atoms with Crippen molar-refractivity contribution in [2.24, 2.45) is 0 Å². The summed E-state index contributed by atoms with van der Waals surface area (Å²) in [5.74, 6) is -0.113. The van der Waals surface area contributed by atoms with Crippen molar-refractivity contribution in [2.75, 3.05) is 0 Å². The van der Waals surface area contributed by atoms with Gasteiger partial charge in [0.1, 0.15) is 11.3 Å². The Morgan fingerprint density at radius 1 is 1.29 bits per heavy atom. The Labute approximate surface area is 95.3 Å². The molecule has 0 unspecified atom stereocenters. The molecule has 0 radical (unpaired) electrons. The Balaban J connectivity index is 2.99. The van der Waals surface area contributed by atoms with Gasteiger partial charge in [0.15, 0.2) is 0 Å². The second-order valence-corrected chi connectivity index (χ2v) is 3.78. The second kappa shape index (κ2) is 3.58. The third-order valence-electron chi connectivity index (χ3n) is 2.55. The highest BCUT2D eigenvalue weighted by molar-refractivity contribution is 5.88. The van der Waals surface area contributed by atoms with E-state index in [2.05, 4.69) is 0 Å². The van der Waals surface area contributed by atoms with Crippen molar-refractivity contribution in [1.82, 2.24) is 0 Å². The van der Waals surface area contributed by atoms with Crippen molar-refractivity contribution >= 4 is 16.7 Å². The lowest BCUT2D eigenvalue weighted by Gasteiger charge is -2.05. The van der Waals surface area contributed by atoms with E-state index in [0.29, 0.717) is 11.1 Å². The predicted octanol–water partition coefficient (Wildman–Crippen LogP) is 2.02. The van der Waals surface area contributed by atoms with Crippen molar-refractivity contribution in [1.29, 1.82) is 0 Å². The molecule has 0 fully saturated rings.